The average molecular weight is 280 g/mol. The third-order valence-corrected chi connectivity index (χ3v) is 4.32. The van der Waals surface area contributed by atoms with Crippen LogP contribution >= 0.6 is 0 Å². The predicted octanol–water partition coefficient (Wildman–Crippen LogP) is 3.75. The zero-order valence-corrected chi connectivity index (χ0v) is 12.8. The fourth-order valence-corrected chi connectivity index (χ4v) is 3.30. The first-order valence-corrected chi connectivity index (χ1v) is 7.82. The van der Waals surface area contributed by atoms with Gasteiger partial charge in [-0.2, -0.15) is 0 Å². The summed E-state index contributed by atoms with van der Waals surface area (Å²) in [5, 5.41) is 6.16. The summed E-state index contributed by atoms with van der Waals surface area (Å²) in [6, 6.07) is 15.8. The fourth-order valence-electron chi connectivity index (χ4n) is 3.30. The predicted molar refractivity (Wildman–Crippen MR) is 90.6 cm³/mol. The van der Waals surface area contributed by atoms with Gasteiger partial charge in [0.25, 0.3) is 0 Å². The molecule has 1 N–H and O–H groups in total. The molecule has 1 saturated heterocycles. The maximum absolute atomic E-state index is 4.15. The lowest BCUT2D eigenvalue weighted by Gasteiger charge is -2.36. The van der Waals surface area contributed by atoms with Crippen LogP contribution in [-0.4, -0.2) is 31.1 Å². The van der Waals surface area contributed by atoms with Gasteiger partial charge in [-0.25, -0.2) is 0 Å². The molecule has 21 heavy (non-hydrogen) atoms. The van der Waals surface area contributed by atoms with Crippen LogP contribution in [0.2, 0.25) is 0 Å². The van der Waals surface area contributed by atoms with E-state index in [2.05, 4.69) is 66.2 Å². The molecular weight excluding hydrogens is 256 g/mol. The zero-order valence-electron chi connectivity index (χ0n) is 12.8. The molecule has 0 amide bonds. The van der Waals surface area contributed by atoms with Gasteiger partial charge in [-0.3, -0.25) is 4.90 Å². The van der Waals surface area contributed by atoms with Crippen LogP contribution < -0.4 is 5.32 Å². The molecule has 0 aliphatic carbocycles. The van der Waals surface area contributed by atoms with E-state index in [4.69, 9.17) is 0 Å². The van der Waals surface area contributed by atoms with Gasteiger partial charge >= 0.3 is 0 Å². The molecule has 0 spiro atoms. The first kappa shape index (κ1) is 14.3. The summed E-state index contributed by atoms with van der Waals surface area (Å²) in [6.45, 7) is 10.7. The van der Waals surface area contributed by atoms with Crippen molar-refractivity contribution in [1.29, 1.82) is 0 Å². The van der Waals surface area contributed by atoms with Crippen LogP contribution in [0.25, 0.3) is 10.8 Å². The lowest BCUT2D eigenvalue weighted by atomic mass is 9.93. The van der Waals surface area contributed by atoms with Crippen LogP contribution in [-0.2, 0) is 0 Å². The fraction of sp³-hybridized carbons (Fsp3) is 0.368. The van der Waals surface area contributed by atoms with Crippen molar-refractivity contribution >= 4 is 10.8 Å². The lowest BCUT2D eigenvalue weighted by Crippen LogP contribution is -2.45. The van der Waals surface area contributed by atoms with Crippen LogP contribution in [0.1, 0.15) is 24.9 Å². The van der Waals surface area contributed by atoms with Crippen molar-refractivity contribution in [3.8, 4) is 0 Å². The highest BCUT2D eigenvalue weighted by Crippen LogP contribution is 2.32. The second-order valence-electron chi connectivity index (χ2n) is 6.03. The number of hydrogen-bond acceptors (Lipinski definition) is 2. The molecule has 2 aromatic carbocycles. The number of hydrogen-bond donors (Lipinski definition) is 1. The molecule has 2 heteroatoms. The van der Waals surface area contributed by atoms with E-state index in [0.717, 1.165) is 32.6 Å². The largest absolute Gasteiger partial charge is 0.314 e. The van der Waals surface area contributed by atoms with Crippen LogP contribution in [0, 0.1) is 0 Å². The van der Waals surface area contributed by atoms with E-state index in [1.807, 2.05) is 0 Å². The van der Waals surface area contributed by atoms with E-state index < -0.39 is 0 Å². The maximum Gasteiger partial charge on any atom is 0.0392 e. The van der Waals surface area contributed by atoms with Crippen molar-refractivity contribution in [3.63, 3.8) is 0 Å². The summed E-state index contributed by atoms with van der Waals surface area (Å²) < 4.78 is 0. The van der Waals surface area contributed by atoms with Crippen LogP contribution in [0.5, 0.6) is 0 Å². The number of piperazine rings is 1. The Morgan fingerprint density at radius 3 is 2.62 bits per heavy atom. The Morgan fingerprint density at radius 1 is 1.14 bits per heavy atom. The van der Waals surface area contributed by atoms with Gasteiger partial charge in [-0.05, 0) is 29.7 Å². The molecule has 1 aliphatic heterocycles. The standard InChI is InChI=1S/C19H24N2/c1-15(2)14-19(21-12-10-20-11-13-21)18-9-5-7-16-6-3-4-8-17(16)18/h3-9,19-20H,1,10-14H2,2H3/t19-/m1/s1. The summed E-state index contributed by atoms with van der Waals surface area (Å²) in [6.07, 6.45) is 1.04. The zero-order chi connectivity index (χ0) is 14.7. The van der Waals surface area contributed by atoms with E-state index in [1.165, 1.54) is 21.9 Å². The van der Waals surface area contributed by atoms with E-state index in [-0.39, 0.29) is 0 Å². The average Bonchev–Trinajstić information content (AvgIpc) is 2.53. The Balaban J connectivity index is 2.02. The third-order valence-electron chi connectivity index (χ3n) is 4.32. The lowest BCUT2D eigenvalue weighted by molar-refractivity contribution is 0.173. The Kier molecular flexibility index (Phi) is 4.37. The van der Waals surface area contributed by atoms with Gasteiger partial charge < -0.3 is 5.32 Å². The molecule has 0 saturated carbocycles. The highest BCUT2D eigenvalue weighted by atomic mass is 15.2. The number of fused-ring (bicyclic) bond motifs is 1. The summed E-state index contributed by atoms with van der Waals surface area (Å²) >= 11 is 0. The van der Waals surface area contributed by atoms with Gasteiger partial charge in [0.2, 0.25) is 0 Å². The highest BCUT2D eigenvalue weighted by molar-refractivity contribution is 5.86. The molecule has 2 aromatic rings. The minimum atomic E-state index is 0.440. The van der Waals surface area contributed by atoms with Crippen molar-refractivity contribution < 1.29 is 0 Å². The van der Waals surface area contributed by atoms with E-state index >= 15 is 0 Å². The normalized spacial score (nSPS) is 17.8. The van der Waals surface area contributed by atoms with E-state index in [9.17, 15) is 0 Å². The van der Waals surface area contributed by atoms with Crippen LogP contribution in [0.15, 0.2) is 54.6 Å². The number of benzene rings is 2. The van der Waals surface area contributed by atoms with Gasteiger partial charge in [-0.15, -0.1) is 6.58 Å². The first-order valence-electron chi connectivity index (χ1n) is 7.82. The highest BCUT2D eigenvalue weighted by Gasteiger charge is 2.23. The smallest absolute Gasteiger partial charge is 0.0392 e. The third kappa shape index (κ3) is 3.17. The van der Waals surface area contributed by atoms with Gasteiger partial charge in [-0.1, -0.05) is 48.0 Å². The minimum Gasteiger partial charge on any atom is -0.314 e. The second kappa shape index (κ2) is 6.42. The molecule has 0 aromatic heterocycles. The van der Waals surface area contributed by atoms with Crippen LogP contribution in [0.3, 0.4) is 0 Å². The molecule has 0 unspecified atom stereocenters. The molecular formula is C19H24N2. The summed E-state index contributed by atoms with van der Waals surface area (Å²) in [5.74, 6) is 0. The topological polar surface area (TPSA) is 15.3 Å². The molecule has 0 bridgehead atoms. The summed E-state index contributed by atoms with van der Waals surface area (Å²) in [7, 11) is 0. The Morgan fingerprint density at radius 2 is 1.86 bits per heavy atom. The van der Waals surface area contributed by atoms with Crippen molar-refractivity contribution in [2.24, 2.45) is 0 Å². The number of nitrogens with one attached hydrogen (secondary N) is 1. The van der Waals surface area contributed by atoms with Crippen molar-refractivity contribution in [1.82, 2.24) is 10.2 Å². The minimum absolute atomic E-state index is 0.440. The maximum atomic E-state index is 4.15. The molecule has 0 radical (unpaired) electrons. The molecule has 1 heterocycles. The van der Waals surface area contributed by atoms with Gasteiger partial charge in [0.15, 0.2) is 0 Å². The van der Waals surface area contributed by atoms with Crippen molar-refractivity contribution in [3.05, 3.63) is 60.2 Å². The van der Waals surface area contributed by atoms with Crippen molar-refractivity contribution in [2.45, 2.75) is 19.4 Å². The first-order chi connectivity index (χ1) is 10.3. The molecule has 1 fully saturated rings. The number of rotatable bonds is 4. The Hall–Kier alpha value is -1.64. The number of nitrogens with zero attached hydrogens (tertiary/aromatic N) is 1. The molecule has 3 rings (SSSR count). The summed E-state index contributed by atoms with van der Waals surface area (Å²) in [4.78, 5) is 2.60. The van der Waals surface area contributed by atoms with Gasteiger partial charge in [0, 0.05) is 32.2 Å². The molecule has 1 aliphatic rings. The molecule has 110 valence electrons. The Bertz CT molecular complexity index is 621. The molecule has 2 nitrogen and oxygen atoms in total. The van der Waals surface area contributed by atoms with Gasteiger partial charge in [0.05, 0.1) is 0 Å². The van der Waals surface area contributed by atoms with E-state index in [1.54, 1.807) is 0 Å². The quantitative estimate of drug-likeness (QED) is 0.858. The van der Waals surface area contributed by atoms with Crippen LogP contribution in [0.4, 0.5) is 0 Å². The second-order valence-corrected chi connectivity index (χ2v) is 6.03. The van der Waals surface area contributed by atoms with E-state index in [0.29, 0.717) is 6.04 Å². The molecule has 1 atom stereocenters. The van der Waals surface area contributed by atoms with Gasteiger partial charge in [0.1, 0.15) is 0 Å². The monoisotopic (exact) mass is 280 g/mol. The van der Waals surface area contributed by atoms with Crippen molar-refractivity contribution in [2.75, 3.05) is 26.2 Å². The Labute approximate surface area is 127 Å². The SMILES string of the molecule is C=C(C)C[C@H](c1cccc2ccccc12)N1CCNCC1. The summed E-state index contributed by atoms with van der Waals surface area (Å²) in [5.41, 5.74) is 2.70.